The predicted octanol–water partition coefficient (Wildman–Crippen LogP) is 7.96. The molecule has 1 aliphatic rings. The first-order valence-electron chi connectivity index (χ1n) is 17.1. The summed E-state index contributed by atoms with van der Waals surface area (Å²) in [5.41, 5.74) is 16.0. The molecule has 46 heavy (non-hydrogen) atoms. The molecule has 2 aromatic carbocycles. The topological polar surface area (TPSA) is 127 Å². The lowest BCUT2D eigenvalue weighted by atomic mass is 9.68. The van der Waals surface area contributed by atoms with Crippen LogP contribution in [0, 0.1) is 0 Å². The summed E-state index contributed by atoms with van der Waals surface area (Å²) in [6, 6.07) is 8.09. The van der Waals surface area contributed by atoms with E-state index in [0.29, 0.717) is 62.9 Å². The molecule has 3 rings (SSSR count). The van der Waals surface area contributed by atoms with Gasteiger partial charge in [-0.1, -0.05) is 107 Å². The van der Waals surface area contributed by atoms with E-state index >= 15 is 0 Å². The second kappa shape index (κ2) is 12.7. The molecule has 0 aromatic heterocycles. The average molecular weight is 635 g/mol. The fourth-order valence-electron chi connectivity index (χ4n) is 6.68. The maximum Gasteiger partial charge on any atom is 0.152 e. The van der Waals surface area contributed by atoms with Gasteiger partial charge in [0.25, 0.3) is 0 Å². The van der Waals surface area contributed by atoms with Crippen molar-refractivity contribution in [3.8, 4) is 11.5 Å². The molecule has 0 bridgehead atoms. The van der Waals surface area contributed by atoms with Gasteiger partial charge in [0.15, 0.2) is 11.6 Å². The molecule has 0 radical (unpaired) electrons. The first-order chi connectivity index (χ1) is 20.7. The number of benzene rings is 2. The molecule has 0 saturated heterocycles. The predicted molar refractivity (Wildman–Crippen MR) is 190 cm³/mol. The van der Waals surface area contributed by atoms with E-state index in [1.807, 2.05) is 24.3 Å². The van der Waals surface area contributed by atoms with E-state index in [-0.39, 0.29) is 33.2 Å². The van der Waals surface area contributed by atoms with Gasteiger partial charge in [-0.05, 0) is 93.6 Å². The Bertz CT molecular complexity index is 1270. The highest BCUT2D eigenvalue weighted by molar-refractivity contribution is 5.91. The fourth-order valence-corrected chi connectivity index (χ4v) is 6.68. The number of hydrogen-bond acceptors (Lipinski definition) is 6. The largest absolute Gasteiger partial charge is 0.507 e. The van der Waals surface area contributed by atoms with Crippen molar-refractivity contribution < 1.29 is 19.8 Å². The number of phenolic OH excluding ortho intramolecular Hbond substituents is 2. The van der Waals surface area contributed by atoms with Crippen LogP contribution in [0.3, 0.4) is 0 Å². The van der Waals surface area contributed by atoms with Crippen molar-refractivity contribution in [2.24, 2.45) is 11.5 Å². The Hall–Kier alpha value is -2.70. The van der Waals surface area contributed by atoms with Crippen LogP contribution in [0.1, 0.15) is 155 Å². The van der Waals surface area contributed by atoms with E-state index in [4.69, 9.17) is 11.5 Å². The maximum absolute atomic E-state index is 13.5. The second-order valence-electron chi connectivity index (χ2n) is 18.2. The Kier molecular flexibility index (Phi) is 10.4. The van der Waals surface area contributed by atoms with E-state index in [1.54, 1.807) is 0 Å². The number of rotatable bonds is 8. The van der Waals surface area contributed by atoms with Crippen LogP contribution in [0.5, 0.6) is 11.5 Å². The van der Waals surface area contributed by atoms with Crippen LogP contribution in [0.2, 0.25) is 0 Å². The molecule has 6 heteroatoms. The molecule has 256 valence electrons. The van der Waals surface area contributed by atoms with Crippen molar-refractivity contribution in [3.63, 3.8) is 0 Å². The van der Waals surface area contributed by atoms with E-state index < -0.39 is 11.1 Å². The monoisotopic (exact) mass is 634 g/mol. The third-order valence-corrected chi connectivity index (χ3v) is 10.00. The van der Waals surface area contributed by atoms with Gasteiger partial charge in [0.05, 0.1) is 11.1 Å². The Morgan fingerprint density at radius 3 is 0.957 bits per heavy atom. The highest BCUT2D eigenvalue weighted by Crippen LogP contribution is 2.42. The molecule has 0 spiro atoms. The number of carbonyl (C=O) groups excluding carboxylic acids is 2. The van der Waals surface area contributed by atoms with Crippen LogP contribution >= 0.6 is 0 Å². The highest BCUT2D eigenvalue weighted by Gasteiger charge is 2.45. The third kappa shape index (κ3) is 8.41. The van der Waals surface area contributed by atoms with Crippen molar-refractivity contribution in [1.82, 2.24) is 0 Å². The van der Waals surface area contributed by atoms with Crippen molar-refractivity contribution in [2.45, 2.75) is 167 Å². The van der Waals surface area contributed by atoms with Gasteiger partial charge >= 0.3 is 0 Å². The minimum Gasteiger partial charge on any atom is -0.507 e. The number of phenols is 2. The molecule has 6 N–H and O–H groups in total. The number of aromatic hydroxyl groups is 2. The van der Waals surface area contributed by atoms with Crippen LogP contribution < -0.4 is 11.5 Å². The smallest absolute Gasteiger partial charge is 0.152 e. The lowest BCUT2D eigenvalue weighted by Crippen LogP contribution is -2.59. The van der Waals surface area contributed by atoms with Gasteiger partial charge in [-0.3, -0.25) is 9.59 Å². The Balaban J connectivity index is 1.70. The van der Waals surface area contributed by atoms with Crippen LogP contribution in [0.15, 0.2) is 24.3 Å². The van der Waals surface area contributed by atoms with E-state index in [0.717, 1.165) is 33.4 Å². The number of nitrogens with two attached hydrogens (primary N) is 2. The summed E-state index contributed by atoms with van der Waals surface area (Å²) in [7, 11) is 0. The molecule has 2 aromatic rings. The number of hydrogen-bond donors (Lipinski definition) is 4. The zero-order valence-corrected chi connectivity index (χ0v) is 30.8. The summed E-state index contributed by atoms with van der Waals surface area (Å²) in [5, 5.41) is 22.1. The summed E-state index contributed by atoms with van der Waals surface area (Å²) >= 11 is 0. The highest BCUT2D eigenvalue weighted by atomic mass is 16.3. The van der Waals surface area contributed by atoms with Crippen molar-refractivity contribution in [2.75, 3.05) is 0 Å². The van der Waals surface area contributed by atoms with Gasteiger partial charge in [-0.15, -0.1) is 0 Å². The summed E-state index contributed by atoms with van der Waals surface area (Å²) in [6.45, 7) is 25.0. The van der Waals surface area contributed by atoms with Crippen molar-refractivity contribution in [3.05, 3.63) is 57.6 Å². The molecule has 1 aliphatic carbocycles. The normalized spacial score (nSPS) is 21.3. The quantitative estimate of drug-likeness (QED) is 0.233. The Morgan fingerprint density at radius 2 is 0.761 bits per heavy atom. The third-order valence-electron chi connectivity index (χ3n) is 10.00. The van der Waals surface area contributed by atoms with Crippen LogP contribution in [-0.2, 0) is 44.1 Å². The number of carbonyl (C=O) groups is 2. The van der Waals surface area contributed by atoms with Crippen LogP contribution in [-0.4, -0.2) is 32.9 Å². The maximum atomic E-state index is 13.5. The number of ketones is 2. The van der Waals surface area contributed by atoms with E-state index in [9.17, 15) is 19.8 Å². The summed E-state index contributed by atoms with van der Waals surface area (Å²) in [4.78, 5) is 27.1. The lowest BCUT2D eigenvalue weighted by molar-refractivity contribution is -0.130. The molecule has 0 amide bonds. The van der Waals surface area contributed by atoms with E-state index in [2.05, 4.69) is 83.1 Å². The second-order valence-corrected chi connectivity index (χ2v) is 18.2. The minimum atomic E-state index is -1.00. The minimum absolute atomic E-state index is 0.00166. The van der Waals surface area contributed by atoms with Gasteiger partial charge in [0.1, 0.15) is 11.5 Å². The Morgan fingerprint density at radius 1 is 0.543 bits per heavy atom. The molecule has 6 nitrogen and oxygen atoms in total. The van der Waals surface area contributed by atoms with Crippen LogP contribution in [0.4, 0.5) is 0 Å². The number of Topliss-reactive ketones (excluding diaryl/α,β-unsaturated/α-hetero) is 2. The molecule has 0 unspecified atom stereocenters. The first-order valence-corrected chi connectivity index (χ1v) is 17.1. The molecule has 0 heterocycles. The summed E-state index contributed by atoms with van der Waals surface area (Å²) in [5.74, 6) is 0.656. The SMILES string of the molecule is CC(C)(C)c1cc(CCC(=O)C2(N)CCC(N)(C(=O)CCc3cc(C(C)(C)C)c(O)c(C(C)(C)C)c3)CC2)cc(C(C)(C)C)c1O. The molecular weight excluding hydrogens is 572 g/mol. The first kappa shape index (κ1) is 37.8. The fraction of sp³-hybridized carbons (Fsp3) is 0.650. The van der Waals surface area contributed by atoms with Crippen molar-refractivity contribution in [1.29, 1.82) is 0 Å². The summed E-state index contributed by atoms with van der Waals surface area (Å²) in [6.07, 6.45) is 3.20. The van der Waals surface area contributed by atoms with Crippen molar-refractivity contribution >= 4 is 11.6 Å². The van der Waals surface area contributed by atoms with Gasteiger partial charge in [-0.2, -0.15) is 0 Å². The van der Waals surface area contributed by atoms with Crippen LogP contribution in [0.25, 0.3) is 0 Å². The zero-order valence-electron chi connectivity index (χ0n) is 30.8. The van der Waals surface area contributed by atoms with Gasteiger partial charge in [-0.25, -0.2) is 0 Å². The average Bonchev–Trinajstić information content (AvgIpc) is 2.90. The summed E-state index contributed by atoms with van der Waals surface area (Å²) < 4.78 is 0. The standard InChI is InChI=1S/C40H62N2O4/c1-35(2,3)27-21-25(22-28(33(27)45)36(4,5)6)13-15-31(43)39(41)17-19-40(42,20-18-39)32(44)16-14-26-23-29(37(7,8)9)34(46)30(24-26)38(10,11)12/h21-24,45-46H,13-20,41-42H2,1-12H3. The van der Waals surface area contributed by atoms with E-state index in [1.165, 1.54) is 0 Å². The van der Waals surface area contributed by atoms with Gasteiger partial charge in [0.2, 0.25) is 0 Å². The van der Waals surface area contributed by atoms with Gasteiger partial charge < -0.3 is 21.7 Å². The molecule has 1 fully saturated rings. The molecular formula is C40H62N2O4. The lowest BCUT2D eigenvalue weighted by Gasteiger charge is -2.41. The number of aryl methyl sites for hydroxylation is 2. The molecule has 0 atom stereocenters. The molecule has 0 aliphatic heterocycles. The molecule has 1 saturated carbocycles. The zero-order chi connectivity index (χ0) is 35.3. The van der Waals surface area contributed by atoms with Gasteiger partial charge in [0, 0.05) is 12.8 Å². The Labute approximate surface area is 278 Å².